The number of methoxy groups -OCH3 is 2. The third-order valence-corrected chi connectivity index (χ3v) is 5.56. The van der Waals surface area contributed by atoms with Crippen LogP contribution in [0.2, 0.25) is 0 Å². The lowest BCUT2D eigenvalue weighted by Gasteiger charge is -2.15. The number of rotatable bonds is 7. The summed E-state index contributed by atoms with van der Waals surface area (Å²) in [5, 5.41) is 2.93. The number of carbonyl (C=O) groups excluding carboxylic acids is 2. The normalized spacial score (nSPS) is 14.3. The summed E-state index contributed by atoms with van der Waals surface area (Å²) in [7, 11) is 3.04. The van der Waals surface area contributed by atoms with E-state index in [1.165, 1.54) is 14.2 Å². The van der Waals surface area contributed by atoms with Crippen LogP contribution in [-0.2, 0) is 6.42 Å². The largest absolute Gasteiger partial charge is 0.493 e. The molecule has 1 atom stereocenters. The summed E-state index contributed by atoms with van der Waals surface area (Å²) in [6.07, 6.45) is 0.491. The molecule has 1 heterocycles. The van der Waals surface area contributed by atoms with Crippen molar-refractivity contribution in [3.63, 3.8) is 0 Å². The number of para-hydroxylation sites is 1. The predicted molar refractivity (Wildman–Crippen MR) is 122 cm³/mol. The number of Topliss-reactive ketones (excluding diaryl/α,β-unsaturated/α-hetero) is 1. The Morgan fingerprint density at radius 2 is 1.78 bits per heavy atom. The van der Waals surface area contributed by atoms with Crippen LogP contribution < -0.4 is 19.5 Å². The second-order valence-electron chi connectivity index (χ2n) is 7.62. The summed E-state index contributed by atoms with van der Waals surface area (Å²) >= 11 is 0. The summed E-state index contributed by atoms with van der Waals surface area (Å²) < 4.78 is 16.6. The van der Waals surface area contributed by atoms with E-state index in [0.29, 0.717) is 35.6 Å². The number of ketones is 1. The Hall–Kier alpha value is -3.80. The smallest absolute Gasteiger partial charge is 0.255 e. The fourth-order valence-electron chi connectivity index (χ4n) is 4.01. The van der Waals surface area contributed by atoms with E-state index >= 15 is 0 Å². The number of carbonyl (C=O) groups is 2. The molecule has 3 aromatic carbocycles. The number of hydrogen-bond acceptors (Lipinski definition) is 5. The van der Waals surface area contributed by atoms with E-state index < -0.39 is 0 Å². The maximum atomic E-state index is 12.7. The molecule has 4 rings (SSSR count). The van der Waals surface area contributed by atoms with Crippen molar-refractivity contribution in [3.05, 3.63) is 77.4 Å². The van der Waals surface area contributed by atoms with E-state index in [4.69, 9.17) is 14.2 Å². The van der Waals surface area contributed by atoms with Gasteiger partial charge >= 0.3 is 0 Å². The molecule has 3 aromatic rings. The molecule has 1 aliphatic heterocycles. The van der Waals surface area contributed by atoms with Crippen molar-refractivity contribution in [2.45, 2.75) is 19.4 Å². The van der Waals surface area contributed by atoms with Gasteiger partial charge in [-0.15, -0.1) is 0 Å². The van der Waals surface area contributed by atoms with Crippen LogP contribution in [0.15, 0.2) is 60.7 Å². The van der Waals surface area contributed by atoms with Crippen LogP contribution in [0.4, 0.5) is 0 Å². The van der Waals surface area contributed by atoms with Crippen molar-refractivity contribution in [1.82, 2.24) is 5.32 Å². The molecule has 6 heteroatoms. The quantitative estimate of drug-likeness (QED) is 0.565. The third kappa shape index (κ3) is 4.17. The zero-order valence-electron chi connectivity index (χ0n) is 18.3. The lowest BCUT2D eigenvalue weighted by atomic mass is 9.95. The molecule has 1 N–H and O–H groups in total. The van der Waals surface area contributed by atoms with Crippen molar-refractivity contribution >= 4 is 11.7 Å². The van der Waals surface area contributed by atoms with Gasteiger partial charge in [-0.25, -0.2) is 0 Å². The summed E-state index contributed by atoms with van der Waals surface area (Å²) in [6, 6.07) is 18.7. The molecule has 0 saturated heterocycles. The highest BCUT2D eigenvalue weighted by Crippen LogP contribution is 2.34. The van der Waals surface area contributed by atoms with Gasteiger partial charge in [-0.1, -0.05) is 36.4 Å². The number of hydrogen-bond donors (Lipinski definition) is 1. The highest BCUT2D eigenvalue weighted by molar-refractivity contribution is 6.01. The standard InChI is InChI=1S/C26H25NO5/c1-16(28)20-7-4-5-8-21(20)17-11-12-23-18(13-17)14-19(32-23)15-27-26(29)22-9-6-10-24(30-2)25(22)31-3/h4-13,19H,14-15H2,1-3H3,(H,27,29)/t19-/m1/s1. The molecule has 0 unspecified atom stereocenters. The van der Waals surface area contributed by atoms with Crippen LogP contribution in [0.25, 0.3) is 11.1 Å². The van der Waals surface area contributed by atoms with Crippen molar-refractivity contribution in [2.24, 2.45) is 0 Å². The summed E-state index contributed by atoms with van der Waals surface area (Å²) in [4.78, 5) is 24.7. The second kappa shape index (κ2) is 9.14. The van der Waals surface area contributed by atoms with Crippen LogP contribution in [-0.4, -0.2) is 38.6 Å². The monoisotopic (exact) mass is 431 g/mol. The molecular formula is C26H25NO5. The molecule has 32 heavy (non-hydrogen) atoms. The third-order valence-electron chi connectivity index (χ3n) is 5.56. The van der Waals surface area contributed by atoms with E-state index in [1.807, 2.05) is 36.4 Å². The number of nitrogens with one attached hydrogen (secondary N) is 1. The first kappa shape index (κ1) is 21.4. The molecule has 0 aromatic heterocycles. The topological polar surface area (TPSA) is 73.9 Å². The summed E-state index contributed by atoms with van der Waals surface area (Å²) in [5.41, 5.74) is 4.04. The summed E-state index contributed by atoms with van der Waals surface area (Å²) in [6.45, 7) is 1.93. The first-order valence-corrected chi connectivity index (χ1v) is 10.4. The Morgan fingerprint density at radius 1 is 1.00 bits per heavy atom. The van der Waals surface area contributed by atoms with Crippen molar-refractivity contribution in [2.75, 3.05) is 20.8 Å². The Balaban J connectivity index is 1.46. The van der Waals surface area contributed by atoms with Crippen LogP contribution in [0, 0.1) is 0 Å². The van der Waals surface area contributed by atoms with Crippen LogP contribution >= 0.6 is 0 Å². The fraction of sp³-hybridized carbons (Fsp3) is 0.231. The van der Waals surface area contributed by atoms with E-state index in [-0.39, 0.29) is 17.8 Å². The maximum Gasteiger partial charge on any atom is 0.255 e. The highest BCUT2D eigenvalue weighted by Gasteiger charge is 2.25. The Labute approximate surface area is 187 Å². The van der Waals surface area contributed by atoms with Crippen molar-refractivity contribution in [3.8, 4) is 28.4 Å². The minimum atomic E-state index is -0.253. The molecular weight excluding hydrogens is 406 g/mol. The van der Waals surface area contributed by atoms with E-state index in [2.05, 4.69) is 11.4 Å². The van der Waals surface area contributed by atoms with Crippen molar-refractivity contribution in [1.29, 1.82) is 0 Å². The molecule has 0 fully saturated rings. The zero-order valence-corrected chi connectivity index (χ0v) is 18.3. The first-order valence-electron chi connectivity index (χ1n) is 10.4. The lowest BCUT2D eigenvalue weighted by Crippen LogP contribution is -2.34. The summed E-state index contributed by atoms with van der Waals surface area (Å²) in [5.74, 6) is 1.48. The first-order chi connectivity index (χ1) is 15.5. The van der Waals surface area contributed by atoms with E-state index in [1.54, 1.807) is 25.1 Å². The number of amides is 1. The minimum absolute atomic E-state index is 0.0332. The van der Waals surface area contributed by atoms with Gasteiger partial charge in [0.2, 0.25) is 0 Å². The van der Waals surface area contributed by atoms with Crippen LogP contribution in [0.1, 0.15) is 33.2 Å². The second-order valence-corrected chi connectivity index (χ2v) is 7.62. The van der Waals surface area contributed by atoms with Gasteiger partial charge in [-0.05, 0) is 47.9 Å². The SMILES string of the molecule is COc1cccc(C(=O)NC[C@H]2Cc3cc(-c4ccccc4C(C)=O)ccc3O2)c1OC. The number of benzene rings is 3. The molecule has 0 bridgehead atoms. The van der Waals surface area contributed by atoms with Gasteiger partial charge in [-0.2, -0.15) is 0 Å². The molecule has 0 saturated carbocycles. The molecule has 0 spiro atoms. The Morgan fingerprint density at radius 3 is 2.53 bits per heavy atom. The van der Waals surface area contributed by atoms with E-state index in [9.17, 15) is 9.59 Å². The predicted octanol–water partition coefficient (Wildman–Crippen LogP) is 4.31. The van der Waals surface area contributed by atoms with Gasteiger partial charge in [-0.3, -0.25) is 9.59 Å². The Bertz CT molecular complexity index is 1170. The van der Waals surface area contributed by atoms with Gasteiger partial charge in [0.15, 0.2) is 17.3 Å². The molecule has 0 aliphatic carbocycles. The number of fused-ring (bicyclic) bond motifs is 1. The molecule has 6 nitrogen and oxygen atoms in total. The zero-order chi connectivity index (χ0) is 22.7. The lowest BCUT2D eigenvalue weighted by molar-refractivity contribution is 0.0929. The van der Waals surface area contributed by atoms with Crippen LogP contribution in [0.3, 0.4) is 0 Å². The molecule has 1 aliphatic rings. The number of ether oxygens (including phenoxy) is 3. The van der Waals surface area contributed by atoms with Gasteiger partial charge < -0.3 is 19.5 Å². The van der Waals surface area contributed by atoms with Gasteiger partial charge in [0.05, 0.1) is 26.3 Å². The van der Waals surface area contributed by atoms with Gasteiger partial charge in [0.25, 0.3) is 5.91 Å². The maximum absolute atomic E-state index is 12.7. The Kier molecular flexibility index (Phi) is 6.12. The van der Waals surface area contributed by atoms with Crippen molar-refractivity contribution < 1.29 is 23.8 Å². The van der Waals surface area contributed by atoms with Crippen LogP contribution in [0.5, 0.6) is 17.2 Å². The van der Waals surface area contributed by atoms with Gasteiger partial charge in [0.1, 0.15) is 11.9 Å². The molecule has 0 radical (unpaired) electrons. The van der Waals surface area contributed by atoms with Gasteiger partial charge in [0, 0.05) is 12.0 Å². The average Bonchev–Trinajstić information content (AvgIpc) is 3.24. The molecule has 1 amide bonds. The average molecular weight is 431 g/mol. The highest BCUT2D eigenvalue weighted by atomic mass is 16.5. The van der Waals surface area contributed by atoms with E-state index in [0.717, 1.165) is 22.4 Å². The molecule has 164 valence electrons. The minimum Gasteiger partial charge on any atom is -0.493 e. The fourth-order valence-corrected chi connectivity index (χ4v) is 4.01.